The molecule has 0 bridgehead atoms. The van der Waals surface area contributed by atoms with E-state index in [2.05, 4.69) is 0 Å². The summed E-state index contributed by atoms with van der Waals surface area (Å²) in [5, 5.41) is 17.9. The van der Waals surface area contributed by atoms with Crippen molar-refractivity contribution >= 4 is 17.4 Å². The molecule has 166 valence electrons. The average Bonchev–Trinajstić information content (AvgIpc) is 3.19. The molecule has 1 heterocycles. The molecule has 2 aliphatic rings. The fraction of sp³-hybridized carbons (Fsp3) is 0.333. The number of benzene rings is 2. The fourth-order valence-corrected chi connectivity index (χ4v) is 4.47. The van der Waals surface area contributed by atoms with Gasteiger partial charge in [-0.05, 0) is 56.0 Å². The Hall–Kier alpha value is -3.68. The molecular weight excluding hydrogens is 410 g/mol. The zero-order valence-corrected chi connectivity index (χ0v) is 18.3. The van der Waals surface area contributed by atoms with Gasteiger partial charge in [-0.2, -0.15) is 5.10 Å². The predicted molar refractivity (Wildman–Crippen MR) is 119 cm³/mol. The lowest BCUT2D eigenvalue weighted by molar-refractivity contribution is -0.384. The Labute approximate surface area is 186 Å². The van der Waals surface area contributed by atoms with Crippen LogP contribution in [0.3, 0.4) is 0 Å². The summed E-state index contributed by atoms with van der Waals surface area (Å²) in [5.74, 6) is 0.471. The number of carbonyl (C=O) groups is 1. The summed E-state index contributed by atoms with van der Waals surface area (Å²) >= 11 is 0. The van der Waals surface area contributed by atoms with Crippen LogP contribution in [-0.4, -0.2) is 35.3 Å². The van der Waals surface area contributed by atoms with Crippen molar-refractivity contribution in [1.29, 1.82) is 0 Å². The standard InChI is InChI=1S/C24H25N3O5/c1-4-32-22(28)13-15(2)26-24(16-5-8-18(9-6-16)27(29)30)21-11-7-17-14-19(31-3)10-12-20(17)23(21)25-26/h5-6,8-10,12-14,21,24H,4,7,11H2,1-3H3/b15-13+/t21-,24-/m0/s1. The second-order valence-corrected chi connectivity index (χ2v) is 7.83. The smallest absolute Gasteiger partial charge is 0.332 e. The van der Waals surface area contributed by atoms with Gasteiger partial charge < -0.3 is 9.47 Å². The van der Waals surface area contributed by atoms with Crippen molar-refractivity contribution in [3.05, 3.63) is 81.0 Å². The van der Waals surface area contributed by atoms with Gasteiger partial charge in [-0.25, -0.2) is 4.79 Å². The van der Waals surface area contributed by atoms with Crippen molar-refractivity contribution in [2.75, 3.05) is 13.7 Å². The highest BCUT2D eigenvalue weighted by Crippen LogP contribution is 2.45. The van der Waals surface area contributed by atoms with Gasteiger partial charge in [0.1, 0.15) is 5.75 Å². The van der Waals surface area contributed by atoms with E-state index in [4.69, 9.17) is 14.6 Å². The highest BCUT2D eigenvalue weighted by Gasteiger charge is 2.42. The molecule has 32 heavy (non-hydrogen) atoms. The van der Waals surface area contributed by atoms with E-state index in [0.717, 1.165) is 35.4 Å². The molecule has 0 amide bonds. The zero-order valence-electron chi connectivity index (χ0n) is 18.3. The minimum atomic E-state index is -0.423. The van der Waals surface area contributed by atoms with E-state index in [1.165, 1.54) is 23.8 Å². The molecule has 0 saturated heterocycles. The Morgan fingerprint density at radius 3 is 2.69 bits per heavy atom. The van der Waals surface area contributed by atoms with Crippen molar-refractivity contribution in [1.82, 2.24) is 5.01 Å². The number of aryl methyl sites for hydroxylation is 1. The van der Waals surface area contributed by atoms with Crippen LogP contribution in [0.2, 0.25) is 0 Å². The molecule has 0 unspecified atom stereocenters. The number of hydrogen-bond acceptors (Lipinski definition) is 7. The van der Waals surface area contributed by atoms with Gasteiger partial charge in [0.15, 0.2) is 0 Å². The lowest BCUT2D eigenvalue weighted by atomic mass is 9.77. The third kappa shape index (κ3) is 3.95. The number of hydrazone groups is 1. The molecule has 0 fully saturated rings. The quantitative estimate of drug-likeness (QED) is 0.289. The molecule has 2 aromatic rings. The number of nitro benzene ring substituents is 1. The maximum Gasteiger partial charge on any atom is 0.332 e. The lowest BCUT2D eigenvalue weighted by Gasteiger charge is -2.31. The van der Waals surface area contributed by atoms with Crippen LogP contribution in [0.15, 0.2) is 59.3 Å². The predicted octanol–water partition coefficient (Wildman–Crippen LogP) is 4.39. The summed E-state index contributed by atoms with van der Waals surface area (Å²) < 4.78 is 10.4. The minimum absolute atomic E-state index is 0.0410. The first-order chi connectivity index (χ1) is 15.4. The first-order valence-electron chi connectivity index (χ1n) is 10.6. The number of nitrogens with zero attached hydrogens (tertiary/aromatic N) is 3. The summed E-state index contributed by atoms with van der Waals surface area (Å²) in [6, 6.07) is 12.4. The number of non-ortho nitro benzene ring substituents is 1. The van der Waals surface area contributed by atoms with E-state index >= 15 is 0 Å². The van der Waals surface area contributed by atoms with Crippen molar-refractivity contribution in [3.8, 4) is 5.75 Å². The third-order valence-electron chi connectivity index (χ3n) is 5.94. The lowest BCUT2D eigenvalue weighted by Crippen LogP contribution is -2.28. The van der Waals surface area contributed by atoms with Gasteiger partial charge in [0, 0.05) is 35.4 Å². The normalized spacial score (nSPS) is 19.7. The highest BCUT2D eigenvalue weighted by molar-refractivity contribution is 6.06. The molecule has 8 nitrogen and oxygen atoms in total. The fourth-order valence-electron chi connectivity index (χ4n) is 4.47. The second-order valence-electron chi connectivity index (χ2n) is 7.83. The van der Waals surface area contributed by atoms with E-state index in [-0.39, 0.29) is 17.6 Å². The molecular formula is C24H25N3O5. The first kappa shape index (κ1) is 21.5. The molecule has 1 aliphatic carbocycles. The van der Waals surface area contributed by atoms with Crippen LogP contribution in [0.25, 0.3) is 0 Å². The largest absolute Gasteiger partial charge is 0.497 e. The summed E-state index contributed by atoms with van der Waals surface area (Å²) in [5.41, 5.74) is 4.81. The number of esters is 1. The van der Waals surface area contributed by atoms with Gasteiger partial charge in [0.25, 0.3) is 5.69 Å². The maximum atomic E-state index is 12.1. The monoisotopic (exact) mass is 435 g/mol. The first-order valence-corrected chi connectivity index (χ1v) is 10.6. The van der Waals surface area contributed by atoms with E-state index in [1.807, 2.05) is 30.1 Å². The summed E-state index contributed by atoms with van der Waals surface area (Å²) in [6.07, 6.45) is 3.18. The number of rotatable bonds is 6. The molecule has 0 N–H and O–H groups in total. The van der Waals surface area contributed by atoms with Crippen molar-refractivity contribution in [2.45, 2.75) is 32.7 Å². The molecule has 2 atom stereocenters. The number of carbonyl (C=O) groups excluding carboxylic acids is 1. The van der Waals surface area contributed by atoms with Crippen LogP contribution >= 0.6 is 0 Å². The minimum Gasteiger partial charge on any atom is -0.497 e. The molecule has 1 aliphatic heterocycles. The number of ether oxygens (including phenoxy) is 2. The topological polar surface area (TPSA) is 94.3 Å². The number of hydrogen-bond donors (Lipinski definition) is 0. The van der Waals surface area contributed by atoms with E-state index in [9.17, 15) is 14.9 Å². The molecule has 2 aromatic carbocycles. The summed E-state index contributed by atoms with van der Waals surface area (Å²) in [4.78, 5) is 22.8. The van der Waals surface area contributed by atoms with Crippen molar-refractivity contribution < 1.29 is 19.2 Å². The molecule has 0 saturated carbocycles. The Kier molecular flexibility index (Phi) is 5.94. The van der Waals surface area contributed by atoms with E-state index < -0.39 is 10.9 Å². The van der Waals surface area contributed by atoms with Gasteiger partial charge in [-0.15, -0.1) is 0 Å². The zero-order chi connectivity index (χ0) is 22.8. The van der Waals surface area contributed by atoms with E-state index in [0.29, 0.717) is 12.3 Å². The third-order valence-corrected chi connectivity index (χ3v) is 5.94. The number of fused-ring (bicyclic) bond motifs is 3. The van der Waals surface area contributed by atoms with Crippen LogP contribution in [0.4, 0.5) is 5.69 Å². The molecule has 8 heteroatoms. The Morgan fingerprint density at radius 1 is 1.28 bits per heavy atom. The second kappa shape index (κ2) is 8.82. The molecule has 0 radical (unpaired) electrons. The summed E-state index contributed by atoms with van der Waals surface area (Å²) in [7, 11) is 1.65. The SMILES string of the molecule is CCOC(=O)/C=C(\C)N1N=C2c3ccc(OC)cc3CC[C@@H]2[C@@H]1c1ccc([N+](=O)[O-])cc1. The van der Waals surface area contributed by atoms with Crippen molar-refractivity contribution in [2.24, 2.45) is 11.0 Å². The Bertz CT molecular complexity index is 1110. The Morgan fingerprint density at radius 2 is 2.03 bits per heavy atom. The van der Waals surface area contributed by atoms with Gasteiger partial charge in [-0.1, -0.05) is 12.1 Å². The van der Waals surface area contributed by atoms with Crippen LogP contribution in [-0.2, 0) is 16.0 Å². The van der Waals surface area contributed by atoms with E-state index in [1.54, 1.807) is 26.2 Å². The average molecular weight is 435 g/mol. The molecule has 0 aromatic heterocycles. The van der Waals surface area contributed by atoms with Crippen LogP contribution in [0.1, 0.15) is 43.0 Å². The number of methoxy groups -OCH3 is 1. The van der Waals surface area contributed by atoms with Crippen molar-refractivity contribution in [3.63, 3.8) is 0 Å². The molecule has 0 spiro atoms. The number of allylic oxidation sites excluding steroid dienone is 1. The summed E-state index contributed by atoms with van der Waals surface area (Å²) in [6.45, 7) is 3.88. The van der Waals surface area contributed by atoms with Crippen LogP contribution in [0.5, 0.6) is 5.75 Å². The van der Waals surface area contributed by atoms with Crippen LogP contribution in [0, 0.1) is 16.0 Å². The van der Waals surface area contributed by atoms with Gasteiger partial charge in [0.2, 0.25) is 0 Å². The van der Waals surface area contributed by atoms with Gasteiger partial charge >= 0.3 is 5.97 Å². The molecule has 4 rings (SSSR count). The highest BCUT2D eigenvalue weighted by atomic mass is 16.6. The maximum absolute atomic E-state index is 12.1. The Balaban J connectivity index is 1.77. The number of nitro groups is 1. The van der Waals surface area contributed by atoms with Crippen LogP contribution < -0.4 is 4.74 Å². The van der Waals surface area contributed by atoms with Gasteiger partial charge in [-0.3, -0.25) is 15.1 Å². The van der Waals surface area contributed by atoms with Gasteiger partial charge in [0.05, 0.1) is 30.4 Å².